The first-order chi connectivity index (χ1) is 11.4. The molecule has 7 nitrogen and oxygen atoms in total. The van der Waals surface area contributed by atoms with Crippen molar-refractivity contribution in [2.75, 3.05) is 13.2 Å². The minimum Gasteiger partial charge on any atom is -0.466 e. The first kappa shape index (κ1) is 24.5. The molecule has 0 aliphatic carbocycles. The van der Waals surface area contributed by atoms with Gasteiger partial charge in [0.15, 0.2) is 5.96 Å². The zero-order valence-corrected chi connectivity index (χ0v) is 15.4. The second kappa shape index (κ2) is 19.3. The molecular weight excluding hydrogens is 308 g/mol. The van der Waals surface area contributed by atoms with E-state index in [0.29, 0.717) is 19.6 Å². The van der Waals surface area contributed by atoms with Crippen LogP contribution in [0, 0.1) is 5.41 Å². The summed E-state index contributed by atoms with van der Waals surface area (Å²) >= 11 is 0. The van der Waals surface area contributed by atoms with Crippen molar-refractivity contribution >= 4 is 17.8 Å². The van der Waals surface area contributed by atoms with Crippen molar-refractivity contribution in [3.8, 4) is 0 Å². The molecule has 0 aromatic heterocycles. The molecule has 24 heavy (non-hydrogen) atoms. The maximum absolute atomic E-state index is 10.4. The molecule has 0 unspecified atom stereocenters. The topological polar surface area (TPSA) is 131 Å². The first-order valence-electron chi connectivity index (χ1n) is 8.89. The molecule has 0 aliphatic rings. The van der Waals surface area contributed by atoms with Crippen LogP contribution in [-0.4, -0.2) is 31.0 Å². The largest absolute Gasteiger partial charge is 0.466 e. The lowest BCUT2D eigenvalue weighted by Gasteiger charge is -2.03. The molecule has 0 aliphatic heterocycles. The van der Waals surface area contributed by atoms with E-state index in [4.69, 9.17) is 21.6 Å². The van der Waals surface area contributed by atoms with Crippen LogP contribution in [0.5, 0.6) is 0 Å². The molecule has 0 bridgehead atoms. The van der Waals surface area contributed by atoms with Gasteiger partial charge >= 0.3 is 5.97 Å². The van der Waals surface area contributed by atoms with E-state index in [0.717, 1.165) is 25.7 Å². The Morgan fingerprint density at radius 2 is 1.54 bits per heavy atom. The summed E-state index contributed by atoms with van der Waals surface area (Å²) < 4.78 is 4.70. The van der Waals surface area contributed by atoms with Crippen molar-refractivity contribution in [1.29, 1.82) is 5.41 Å². The van der Waals surface area contributed by atoms with Gasteiger partial charge in [-0.15, -0.1) is 0 Å². The Morgan fingerprint density at radius 1 is 0.958 bits per heavy atom. The van der Waals surface area contributed by atoms with Gasteiger partial charge in [-0.3, -0.25) is 15.0 Å². The summed E-state index contributed by atoms with van der Waals surface area (Å²) in [5, 5.41) is 9.48. The van der Waals surface area contributed by atoms with E-state index in [1.54, 1.807) is 0 Å². The number of hydrogen-bond donors (Lipinski definition) is 4. The Balaban J connectivity index is 0. The van der Waals surface area contributed by atoms with Crippen LogP contribution in [0.25, 0.3) is 0 Å². The zero-order valence-electron chi connectivity index (χ0n) is 15.4. The van der Waals surface area contributed by atoms with Crippen molar-refractivity contribution in [2.45, 2.75) is 78.1 Å². The number of ether oxygens (including phenoxy) is 1. The molecule has 0 atom stereocenters. The minimum absolute atomic E-state index is 0.0255. The van der Waals surface area contributed by atoms with Gasteiger partial charge < -0.3 is 21.5 Å². The van der Waals surface area contributed by atoms with Gasteiger partial charge in [-0.05, 0) is 19.3 Å². The Kier molecular flexibility index (Phi) is 19.6. The lowest BCUT2D eigenvalue weighted by Crippen LogP contribution is -2.31. The van der Waals surface area contributed by atoms with Gasteiger partial charge in [0.2, 0.25) is 5.91 Å². The Labute approximate surface area is 146 Å². The second-order valence-electron chi connectivity index (χ2n) is 5.73. The third-order valence-electron chi connectivity index (χ3n) is 3.22. The van der Waals surface area contributed by atoms with E-state index >= 15 is 0 Å². The summed E-state index contributed by atoms with van der Waals surface area (Å²) in [6.07, 6.45) is 10.9. The van der Waals surface area contributed by atoms with Gasteiger partial charge in [0.25, 0.3) is 0 Å². The second-order valence-corrected chi connectivity index (χ2v) is 5.73. The fraction of sp³-hybridized carbons (Fsp3) is 0.824. The zero-order chi connectivity index (χ0) is 18.6. The monoisotopic (exact) mass is 344 g/mol. The molecule has 1 amide bonds. The van der Waals surface area contributed by atoms with Crippen LogP contribution in [0.1, 0.15) is 78.1 Å². The predicted molar refractivity (Wildman–Crippen MR) is 97.6 cm³/mol. The Hall–Kier alpha value is -1.79. The number of primary amides is 1. The van der Waals surface area contributed by atoms with Gasteiger partial charge in [-0.25, -0.2) is 0 Å². The number of nitrogens with one attached hydrogen (secondary N) is 2. The van der Waals surface area contributed by atoms with E-state index in [-0.39, 0.29) is 17.8 Å². The number of nitrogens with two attached hydrogens (primary N) is 2. The number of hydrogen-bond acceptors (Lipinski definition) is 4. The molecular formula is C17H36N4O3. The van der Waals surface area contributed by atoms with Crippen molar-refractivity contribution in [3.05, 3.63) is 0 Å². The number of rotatable bonds is 13. The first-order valence-corrected chi connectivity index (χ1v) is 8.89. The highest BCUT2D eigenvalue weighted by molar-refractivity contribution is 5.74. The summed E-state index contributed by atoms with van der Waals surface area (Å²) in [6, 6.07) is 0. The van der Waals surface area contributed by atoms with Crippen LogP contribution < -0.4 is 16.8 Å². The maximum atomic E-state index is 10.4. The standard InChI is InChI=1S/C10H21NO.C7H15N3O2/c1-2-3-4-5-6-7-8-9-10(11)12;1-6(11)12-5-3-2-4-10-7(8)9/h2-9H2,1H3,(H2,11,12);2-5H2,1H3,(H4,8,9,10). The van der Waals surface area contributed by atoms with Gasteiger partial charge in [-0.1, -0.05) is 45.4 Å². The van der Waals surface area contributed by atoms with Gasteiger partial charge in [0.05, 0.1) is 6.61 Å². The fourth-order valence-electron chi connectivity index (χ4n) is 1.92. The van der Waals surface area contributed by atoms with Crippen molar-refractivity contribution in [1.82, 2.24) is 5.32 Å². The highest BCUT2D eigenvalue weighted by Gasteiger charge is 1.94. The van der Waals surface area contributed by atoms with Crippen LogP contribution in [0.4, 0.5) is 0 Å². The maximum Gasteiger partial charge on any atom is 0.302 e. The van der Waals surface area contributed by atoms with Gasteiger partial charge in [-0.2, -0.15) is 0 Å². The third kappa shape index (κ3) is 28.4. The third-order valence-corrected chi connectivity index (χ3v) is 3.22. The highest BCUT2D eigenvalue weighted by Crippen LogP contribution is 2.07. The van der Waals surface area contributed by atoms with E-state index in [1.807, 2.05) is 0 Å². The number of unbranched alkanes of at least 4 members (excludes halogenated alkanes) is 7. The minimum atomic E-state index is -0.255. The SMILES string of the molecule is CC(=O)OCCCCNC(=N)N.CCCCCCCCCC(N)=O. The Morgan fingerprint density at radius 3 is 2.04 bits per heavy atom. The summed E-state index contributed by atoms with van der Waals surface area (Å²) in [5.74, 6) is -0.444. The summed E-state index contributed by atoms with van der Waals surface area (Å²) in [5.41, 5.74) is 10.1. The van der Waals surface area contributed by atoms with Crippen LogP contribution in [0.2, 0.25) is 0 Å². The van der Waals surface area contributed by atoms with Crippen molar-refractivity contribution < 1.29 is 14.3 Å². The van der Waals surface area contributed by atoms with Crippen molar-refractivity contribution in [3.63, 3.8) is 0 Å². The molecule has 6 N–H and O–H groups in total. The molecule has 0 saturated heterocycles. The number of carbonyl (C=O) groups excluding carboxylic acids is 2. The van der Waals surface area contributed by atoms with Crippen LogP contribution in [0.3, 0.4) is 0 Å². The molecule has 0 rings (SSSR count). The lowest BCUT2D eigenvalue weighted by molar-refractivity contribution is -0.141. The predicted octanol–water partition coefficient (Wildman–Crippen LogP) is 2.43. The normalized spacial score (nSPS) is 9.58. The number of carbonyl (C=O) groups is 2. The van der Waals surface area contributed by atoms with Gasteiger partial charge in [0.1, 0.15) is 0 Å². The average Bonchev–Trinajstić information content (AvgIpc) is 2.50. The smallest absolute Gasteiger partial charge is 0.302 e. The molecule has 7 heteroatoms. The molecule has 0 aromatic carbocycles. The summed E-state index contributed by atoms with van der Waals surface area (Å²) in [7, 11) is 0. The lowest BCUT2D eigenvalue weighted by atomic mass is 10.1. The van der Waals surface area contributed by atoms with Crippen molar-refractivity contribution in [2.24, 2.45) is 11.5 Å². The molecule has 0 radical (unpaired) electrons. The van der Waals surface area contributed by atoms with Crippen LogP contribution in [0.15, 0.2) is 0 Å². The summed E-state index contributed by atoms with van der Waals surface area (Å²) in [4.78, 5) is 20.6. The molecule has 0 fully saturated rings. The number of guanidine groups is 1. The van der Waals surface area contributed by atoms with E-state index in [2.05, 4.69) is 12.2 Å². The van der Waals surface area contributed by atoms with E-state index in [1.165, 1.54) is 39.0 Å². The van der Waals surface area contributed by atoms with Gasteiger partial charge in [0, 0.05) is 19.9 Å². The average molecular weight is 345 g/mol. The Bertz CT molecular complexity index is 318. The molecule has 0 aromatic rings. The molecule has 142 valence electrons. The number of amides is 1. The molecule has 0 spiro atoms. The quantitative estimate of drug-likeness (QED) is 0.176. The van der Waals surface area contributed by atoms with Crippen LogP contribution >= 0.6 is 0 Å². The van der Waals surface area contributed by atoms with Crippen LogP contribution in [-0.2, 0) is 14.3 Å². The number of esters is 1. The van der Waals surface area contributed by atoms with E-state index in [9.17, 15) is 9.59 Å². The molecule has 0 heterocycles. The van der Waals surface area contributed by atoms with E-state index < -0.39 is 0 Å². The fourth-order valence-corrected chi connectivity index (χ4v) is 1.92. The molecule has 0 saturated carbocycles. The highest BCUT2D eigenvalue weighted by atomic mass is 16.5. The summed E-state index contributed by atoms with van der Waals surface area (Å²) in [6.45, 7) is 4.69.